The van der Waals surface area contributed by atoms with Gasteiger partial charge in [-0.15, -0.1) is 0 Å². The van der Waals surface area contributed by atoms with Crippen molar-refractivity contribution in [2.75, 3.05) is 13.1 Å². The van der Waals surface area contributed by atoms with E-state index in [1.807, 2.05) is 32.2 Å². The van der Waals surface area contributed by atoms with Crippen LogP contribution in [0.4, 0.5) is 0 Å². The minimum absolute atomic E-state index is 0.0519. The number of H-pyrrole nitrogens is 1. The molecule has 3 heterocycles. The van der Waals surface area contributed by atoms with Gasteiger partial charge in [0.15, 0.2) is 5.82 Å². The molecule has 3 aromatic rings. The molecule has 1 aliphatic heterocycles. The van der Waals surface area contributed by atoms with Crippen molar-refractivity contribution in [3.63, 3.8) is 0 Å². The number of rotatable bonds is 4. The Hall–Kier alpha value is -2.73. The molecule has 1 aromatic carbocycles. The molecule has 4 rings (SSSR count). The van der Waals surface area contributed by atoms with Crippen LogP contribution in [0, 0.1) is 12.8 Å². The maximum absolute atomic E-state index is 12.8. The number of aromatic nitrogens is 3. The summed E-state index contributed by atoms with van der Waals surface area (Å²) in [5, 5.41) is 1.04. The molecule has 0 amide bonds. The van der Waals surface area contributed by atoms with Crippen molar-refractivity contribution < 1.29 is 4.79 Å². The molecule has 1 aliphatic rings. The van der Waals surface area contributed by atoms with E-state index in [9.17, 15) is 9.59 Å². The maximum atomic E-state index is 12.8. The number of piperidine rings is 1. The van der Waals surface area contributed by atoms with E-state index in [1.54, 1.807) is 17.0 Å². The van der Waals surface area contributed by atoms with Crippen molar-refractivity contribution in [3.8, 4) is 0 Å². The van der Waals surface area contributed by atoms with E-state index in [-0.39, 0.29) is 17.3 Å². The molecule has 0 bridgehead atoms. The molecule has 6 heteroatoms. The summed E-state index contributed by atoms with van der Waals surface area (Å²) in [6.45, 7) is 4.17. The lowest BCUT2D eigenvalue weighted by Gasteiger charge is -2.31. The predicted molar refractivity (Wildman–Crippen MR) is 105 cm³/mol. The summed E-state index contributed by atoms with van der Waals surface area (Å²) in [5.41, 5.74) is 2.72. The van der Waals surface area contributed by atoms with E-state index in [0.717, 1.165) is 35.9 Å². The van der Waals surface area contributed by atoms with Crippen molar-refractivity contribution >= 4 is 16.7 Å². The monoisotopic (exact) mass is 364 g/mol. The summed E-state index contributed by atoms with van der Waals surface area (Å²) in [6, 6.07) is 8.00. The standard InChI is InChI=1S/C21H24N4O2/c1-14-5-6-18-16(10-14)11-17(21(27)23-18)13-25-8-3-4-15(12-25)19(26)20-22-7-9-24(20)2/h5-7,9-11,15H,3-4,8,12-13H2,1-2H3,(H,23,27)/t15-/m1/s1. The molecule has 1 atom stereocenters. The van der Waals surface area contributed by atoms with Gasteiger partial charge >= 0.3 is 0 Å². The van der Waals surface area contributed by atoms with Crippen LogP contribution in [0.2, 0.25) is 0 Å². The summed E-state index contributed by atoms with van der Waals surface area (Å²) < 4.78 is 1.78. The van der Waals surface area contributed by atoms with E-state index in [4.69, 9.17) is 0 Å². The Kier molecular flexibility index (Phi) is 4.66. The Bertz CT molecular complexity index is 1050. The van der Waals surface area contributed by atoms with Gasteiger partial charge in [-0.1, -0.05) is 11.6 Å². The molecule has 0 radical (unpaired) electrons. The van der Waals surface area contributed by atoms with Crippen LogP contribution in [-0.4, -0.2) is 38.3 Å². The lowest BCUT2D eigenvalue weighted by molar-refractivity contribution is 0.0797. The number of fused-ring (bicyclic) bond motifs is 1. The molecule has 1 saturated heterocycles. The van der Waals surface area contributed by atoms with Gasteiger partial charge in [0.2, 0.25) is 5.78 Å². The number of hydrogen-bond donors (Lipinski definition) is 1. The molecule has 27 heavy (non-hydrogen) atoms. The van der Waals surface area contributed by atoms with Crippen molar-refractivity contribution in [1.82, 2.24) is 19.4 Å². The van der Waals surface area contributed by atoms with Crippen LogP contribution in [0.3, 0.4) is 0 Å². The third kappa shape index (κ3) is 3.57. The summed E-state index contributed by atoms with van der Waals surface area (Å²) in [4.78, 5) is 34.6. The van der Waals surface area contributed by atoms with Gasteiger partial charge in [-0.3, -0.25) is 14.5 Å². The summed E-state index contributed by atoms with van der Waals surface area (Å²) in [6.07, 6.45) is 5.27. The normalized spacial score (nSPS) is 18.1. The van der Waals surface area contributed by atoms with Crippen LogP contribution in [-0.2, 0) is 13.6 Å². The van der Waals surface area contributed by atoms with Crippen LogP contribution < -0.4 is 5.56 Å². The number of carbonyl (C=O) groups excluding carboxylic acids is 1. The average Bonchev–Trinajstić information content (AvgIpc) is 3.08. The largest absolute Gasteiger partial charge is 0.332 e. The number of pyridine rings is 1. The Morgan fingerprint density at radius 2 is 2.19 bits per heavy atom. The second-order valence-electron chi connectivity index (χ2n) is 7.51. The minimum Gasteiger partial charge on any atom is -0.332 e. The highest BCUT2D eigenvalue weighted by molar-refractivity contribution is 5.95. The number of nitrogens with one attached hydrogen (secondary N) is 1. The molecule has 140 valence electrons. The smallest absolute Gasteiger partial charge is 0.252 e. The van der Waals surface area contributed by atoms with Crippen LogP contribution in [0.1, 0.15) is 34.6 Å². The first-order chi connectivity index (χ1) is 13.0. The topological polar surface area (TPSA) is 71.0 Å². The van der Waals surface area contributed by atoms with Gasteiger partial charge in [-0.05, 0) is 49.9 Å². The first-order valence-electron chi connectivity index (χ1n) is 9.38. The zero-order chi connectivity index (χ0) is 19.0. The average molecular weight is 364 g/mol. The fourth-order valence-corrected chi connectivity index (χ4v) is 3.93. The van der Waals surface area contributed by atoms with Crippen LogP contribution >= 0.6 is 0 Å². The third-order valence-corrected chi connectivity index (χ3v) is 5.39. The SMILES string of the molecule is Cc1ccc2[nH]c(=O)c(CN3CCC[C@@H](C(=O)c4nccn4C)C3)cc2c1. The predicted octanol–water partition coefficient (Wildman–Crippen LogP) is 2.66. The molecular formula is C21H24N4O2. The Morgan fingerprint density at radius 3 is 2.96 bits per heavy atom. The number of ketones is 1. The summed E-state index contributed by atoms with van der Waals surface area (Å²) in [5.74, 6) is 0.540. The second kappa shape index (κ2) is 7.12. The van der Waals surface area contributed by atoms with Crippen molar-refractivity contribution in [3.05, 3.63) is 64.0 Å². The van der Waals surface area contributed by atoms with E-state index in [2.05, 4.69) is 20.9 Å². The molecule has 0 unspecified atom stereocenters. The number of likely N-dealkylation sites (tertiary alicyclic amines) is 1. The van der Waals surface area contributed by atoms with Gasteiger partial charge in [0.05, 0.1) is 0 Å². The first-order valence-corrected chi connectivity index (χ1v) is 9.38. The molecule has 0 spiro atoms. The first kappa shape index (κ1) is 17.7. The molecule has 1 N–H and O–H groups in total. The van der Waals surface area contributed by atoms with Gasteiger partial charge in [0, 0.05) is 49.5 Å². The van der Waals surface area contributed by atoms with E-state index < -0.39 is 0 Å². The Morgan fingerprint density at radius 1 is 1.33 bits per heavy atom. The van der Waals surface area contributed by atoms with Crippen LogP contribution in [0.15, 0.2) is 41.5 Å². The lowest BCUT2D eigenvalue weighted by Crippen LogP contribution is -2.39. The summed E-state index contributed by atoms with van der Waals surface area (Å²) >= 11 is 0. The maximum Gasteiger partial charge on any atom is 0.252 e. The van der Waals surface area contributed by atoms with E-state index in [0.29, 0.717) is 18.9 Å². The number of imidazole rings is 1. The van der Waals surface area contributed by atoms with Crippen molar-refractivity contribution in [1.29, 1.82) is 0 Å². The van der Waals surface area contributed by atoms with Crippen molar-refractivity contribution in [2.45, 2.75) is 26.3 Å². The van der Waals surface area contributed by atoms with Crippen molar-refractivity contribution in [2.24, 2.45) is 13.0 Å². The highest BCUT2D eigenvalue weighted by Gasteiger charge is 2.29. The minimum atomic E-state index is -0.0679. The zero-order valence-electron chi connectivity index (χ0n) is 15.7. The molecule has 0 aliphatic carbocycles. The van der Waals surface area contributed by atoms with E-state index in [1.165, 1.54) is 5.56 Å². The van der Waals surface area contributed by atoms with Gasteiger partial charge in [-0.25, -0.2) is 4.98 Å². The number of Topliss-reactive ketones (excluding diaryl/α,β-unsaturated/α-hetero) is 1. The van der Waals surface area contributed by atoms with E-state index >= 15 is 0 Å². The van der Waals surface area contributed by atoms with Gasteiger partial charge in [-0.2, -0.15) is 0 Å². The number of benzene rings is 1. The number of aromatic amines is 1. The van der Waals surface area contributed by atoms with Gasteiger partial charge < -0.3 is 9.55 Å². The highest BCUT2D eigenvalue weighted by atomic mass is 16.1. The molecule has 0 saturated carbocycles. The zero-order valence-corrected chi connectivity index (χ0v) is 15.7. The van der Waals surface area contributed by atoms with Crippen LogP contribution in [0.25, 0.3) is 10.9 Å². The highest BCUT2D eigenvalue weighted by Crippen LogP contribution is 2.22. The lowest BCUT2D eigenvalue weighted by atomic mass is 9.93. The molecular weight excluding hydrogens is 340 g/mol. The van der Waals surface area contributed by atoms with Gasteiger partial charge in [0.25, 0.3) is 5.56 Å². The number of hydrogen-bond acceptors (Lipinski definition) is 4. The molecule has 2 aromatic heterocycles. The Balaban J connectivity index is 1.53. The third-order valence-electron chi connectivity index (χ3n) is 5.39. The number of nitrogens with zero attached hydrogens (tertiary/aromatic N) is 3. The fraction of sp³-hybridized carbons (Fsp3) is 0.381. The van der Waals surface area contributed by atoms with Crippen LogP contribution in [0.5, 0.6) is 0 Å². The summed E-state index contributed by atoms with van der Waals surface area (Å²) in [7, 11) is 1.84. The fourth-order valence-electron chi connectivity index (χ4n) is 3.93. The molecule has 6 nitrogen and oxygen atoms in total. The number of aryl methyl sites for hydroxylation is 2. The molecule has 1 fully saturated rings. The number of carbonyl (C=O) groups is 1. The van der Waals surface area contributed by atoms with Gasteiger partial charge in [0.1, 0.15) is 0 Å². The Labute approximate surface area is 157 Å². The quantitative estimate of drug-likeness (QED) is 0.723. The second-order valence-corrected chi connectivity index (χ2v) is 7.51.